The Kier molecular flexibility index (Phi) is 36.0. The highest BCUT2D eigenvalue weighted by molar-refractivity contribution is 5.70. The van der Waals surface area contributed by atoms with E-state index in [2.05, 4.69) is 50.3 Å². The summed E-state index contributed by atoms with van der Waals surface area (Å²) in [5.74, 6) is -0.608. The summed E-state index contributed by atoms with van der Waals surface area (Å²) in [6.07, 6.45) is 44.8. The predicted octanol–water partition coefficient (Wildman–Crippen LogP) is 12.1. The smallest absolute Gasteiger partial charge is 0.306 e. The second kappa shape index (κ2) is 37.6. The molecule has 0 radical (unpaired) electrons. The lowest BCUT2D eigenvalue weighted by atomic mass is 10.1. The second-order valence-electron chi connectivity index (χ2n) is 13.0. The summed E-state index contributed by atoms with van der Waals surface area (Å²) in [6.45, 7) is 4.09. The third kappa shape index (κ3) is 35.0. The minimum atomic E-state index is -0.776. The minimum absolute atomic E-state index is 0.0723. The summed E-state index contributed by atoms with van der Waals surface area (Å²) >= 11 is 0. The third-order valence-electron chi connectivity index (χ3n) is 8.41. The molecule has 1 atom stereocenters. The lowest BCUT2D eigenvalue weighted by Crippen LogP contribution is -2.28. The number of carbonyl (C=O) groups is 2. The van der Waals surface area contributed by atoms with Crippen molar-refractivity contribution in [2.75, 3.05) is 13.2 Å². The quantitative estimate of drug-likeness (QED) is 0.0421. The lowest BCUT2D eigenvalue weighted by molar-refractivity contribution is -0.161. The van der Waals surface area contributed by atoms with E-state index in [-0.39, 0.29) is 25.2 Å². The molecule has 0 aromatic rings. The van der Waals surface area contributed by atoms with E-state index in [1.54, 1.807) is 0 Å². The fraction of sp³-hybridized carbons (Fsp3) is 0.805. The first kappa shape index (κ1) is 44.1. The third-order valence-corrected chi connectivity index (χ3v) is 8.41. The van der Waals surface area contributed by atoms with Gasteiger partial charge in [0.05, 0.1) is 6.61 Å². The minimum Gasteiger partial charge on any atom is -0.462 e. The first-order chi connectivity index (χ1) is 22.6. The van der Waals surface area contributed by atoms with Gasteiger partial charge in [0, 0.05) is 12.8 Å². The van der Waals surface area contributed by atoms with Crippen molar-refractivity contribution < 1.29 is 24.2 Å². The van der Waals surface area contributed by atoms with Crippen molar-refractivity contribution in [1.82, 2.24) is 0 Å². The number of aliphatic hydroxyl groups excluding tert-OH is 1. The van der Waals surface area contributed by atoms with Crippen LogP contribution in [0.1, 0.15) is 194 Å². The van der Waals surface area contributed by atoms with E-state index in [1.165, 1.54) is 109 Å². The lowest BCUT2D eigenvalue weighted by Gasteiger charge is -2.15. The molecule has 0 heterocycles. The van der Waals surface area contributed by atoms with E-state index in [1.807, 2.05) is 0 Å². The second-order valence-corrected chi connectivity index (χ2v) is 13.0. The molecule has 0 aliphatic heterocycles. The maximum absolute atomic E-state index is 12.2. The maximum atomic E-state index is 12.2. The highest BCUT2D eigenvalue weighted by Gasteiger charge is 2.16. The van der Waals surface area contributed by atoms with E-state index in [0.29, 0.717) is 12.8 Å². The van der Waals surface area contributed by atoms with Crippen LogP contribution in [0.15, 0.2) is 36.5 Å². The van der Waals surface area contributed by atoms with Crippen LogP contribution >= 0.6 is 0 Å². The van der Waals surface area contributed by atoms with Crippen LogP contribution in [-0.2, 0) is 19.1 Å². The molecule has 0 spiro atoms. The number of esters is 2. The molecule has 0 aliphatic carbocycles. The zero-order valence-corrected chi connectivity index (χ0v) is 30.3. The summed E-state index contributed by atoms with van der Waals surface area (Å²) in [4.78, 5) is 24.2. The van der Waals surface area contributed by atoms with Gasteiger partial charge in [-0.25, -0.2) is 0 Å². The Morgan fingerprint density at radius 1 is 0.500 bits per heavy atom. The molecule has 0 saturated heterocycles. The molecule has 0 fully saturated rings. The molecule has 0 aromatic carbocycles. The monoisotopic (exact) mass is 647 g/mol. The first-order valence-electron chi connectivity index (χ1n) is 19.5. The van der Waals surface area contributed by atoms with Crippen LogP contribution in [0.3, 0.4) is 0 Å². The first-order valence-corrected chi connectivity index (χ1v) is 19.5. The number of unbranched alkanes of at least 4 members (excludes halogenated alkanes) is 21. The Morgan fingerprint density at radius 2 is 0.870 bits per heavy atom. The van der Waals surface area contributed by atoms with Crippen LogP contribution in [0.25, 0.3) is 0 Å². The topological polar surface area (TPSA) is 72.8 Å². The zero-order valence-electron chi connectivity index (χ0n) is 30.3. The summed E-state index contributed by atoms with van der Waals surface area (Å²) < 4.78 is 10.6. The van der Waals surface area contributed by atoms with Crippen LogP contribution in [0.2, 0.25) is 0 Å². The van der Waals surface area contributed by atoms with E-state index < -0.39 is 6.10 Å². The number of rotatable bonds is 35. The van der Waals surface area contributed by atoms with Crippen molar-refractivity contribution in [1.29, 1.82) is 0 Å². The van der Waals surface area contributed by atoms with E-state index in [4.69, 9.17) is 9.47 Å². The van der Waals surface area contributed by atoms with Crippen molar-refractivity contribution in [2.45, 2.75) is 200 Å². The van der Waals surface area contributed by atoms with E-state index in [0.717, 1.165) is 57.8 Å². The Balaban J connectivity index is 3.58. The van der Waals surface area contributed by atoms with Crippen LogP contribution < -0.4 is 0 Å². The molecule has 5 nitrogen and oxygen atoms in total. The molecule has 0 rings (SSSR count). The summed E-state index contributed by atoms with van der Waals surface area (Å²) in [7, 11) is 0. The predicted molar refractivity (Wildman–Crippen MR) is 196 cm³/mol. The highest BCUT2D eigenvalue weighted by Crippen LogP contribution is 2.13. The van der Waals surface area contributed by atoms with Gasteiger partial charge in [0.2, 0.25) is 0 Å². The van der Waals surface area contributed by atoms with Crippen molar-refractivity contribution >= 4 is 11.9 Å². The zero-order chi connectivity index (χ0) is 33.6. The van der Waals surface area contributed by atoms with Crippen molar-refractivity contribution in [3.8, 4) is 0 Å². The number of hydrogen-bond acceptors (Lipinski definition) is 5. The van der Waals surface area contributed by atoms with Crippen molar-refractivity contribution in [3.05, 3.63) is 36.5 Å². The maximum Gasteiger partial charge on any atom is 0.306 e. The Morgan fingerprint density at radius 3 is 1.35 bits per heavy atom. The van der Waals surface area contributed by atoms with Crippen LogP contribution in [0, 0.1) is 0 Å². The molecular weight excluding hydrogens is 572 g/mol. The average Bonchev–Trinajstić information content (AvgIpc) is 3.06. The summed E-state index contributed by atoms with van der Waals surface area (Å²) in [5.41, 5.74) is 0. The highest BCUT2D eigenvalue weighted by atomic mass is 16.6. The molecule has 5 heteroatoms. The van der Waals surface area contributed by atoms with Gasteiger partial charge in [-0.1, -0.05) is 147 Å². The van der Waals surface area contributed by atoms with Gasteiger partial charge in [-0.05, 0) is 70.6 Å². The van der Waals surface area contributed by atoms with Gasteiger partial charge in [-0.3, -0.25) is 9.59 Å². The fourth-order valence-corrected chi connectivity index (χ4v) is 5.40. The van der Waals surface area contributed by atoms with Gasteiger partial charge in [-0.15, -0.1) is 0 Å². The summed E-state index contributed by atoms with van der Waals surface area (Å²) in [6, 6.07) is 0. The van der Waals surface area contributed by atoms with Gasteiger partial charge >= 0.3 is 11.9 Å². The van der Waals surface area contributed by atoms with Crippen LogP contribution in [0.5, 0.6) is 0 Å². The molecule has 0 unspecified atom stereocenters. The molecule has 0 aliphatic rings. The molecule has 0 amide bonds. The molecular formula is C41H74O5. The van der Waals surface area contributed by atoms with Crippen molar-refractivity contribution in [3.63, 3.8) is 0 Å². The van der Waals surface area contributed by atoms with Gasteiger partial charge in [0.25, 0.3) is 0 Å². The molecule has 0 bridgehead atoms. The van der Waals surface area contributed by atoms with Gasteiger partial charge in [0.15, 0.2) is 6.10 Å². The number of hydrogen-bond donors (Lipinski definition) is 1. The van der Waals surface area contributed by atoms with E-state index >= 15 is 0 Å². The average molecular weight is 647 g/mol. The molecule has 268 valence electrons. The standard InChI is InChI=1S/C41H74O5/c1-3-5-7-9-11-13-15-17-19-20-22-24-26-28-30-32-34-36-41(44)46-39(37-42)38-45-40(43)35-33-31-29-27-25-23-21-18-16-14-12-10-8-6-4-2/h11,13,17-19,21,39,42H,3-10,12,14-16,20,22-38H2,1-2H3/t39-/m0/s1. The van der Waals surface area contributed by atoms with Gasteiger partial charge in [0.1, 0.15) is 6.61 Å². The number of aliphatic hydroxyl groups is 1. The molecule has 1 N–H and O–H groups in total. The number of allylic oxidation sites excluding steroid dienone is 6. The fourth-order valence-electron chi connectivity index (χ4n) is 5.40. The Labute approximate surface area is 285 Å². The SMILES string of the molecule is CCCCCC=CCC=CCCCCCCCCCC(=O)O[C@@H](CO)COC(=O)CCCCCCCC=CCCCCCCCC. The largest absolute Gasteiger partial charge is 0.462 e. The molecule has 46 heavy (non-hydrogen) atoms. The molecule has 0 saturated carbocycles. The summed E-state index contributed by atoms with van der Waals surface area (Å²) in [5, 5.41) is 9.54. The van der Waals surface area contributed by atoms with Crippen LogP contribution in [-0.4, -0.2) is 36.4 Å². The van der Waals surface area contributed by atoms with Gasteiger partial charge in [-0.2, -0.15) is 0 Å². The Bertz CT molecular complexity index is 741. The van der Waals surface area contributed by atoms with E-state index in [9.17, 15) is 14.7 Å². The van der Waals surface area contributed by atoms with Gasteiger partial charge < -0.3 is 14.6 Å². The molecule has 0 aromatic heterocycles. The van der Waals surface area contributed by atoms with Crippen LogP contribution in [0.4, 0.5) is 0 Å². The van der Waals surface area contributed by atoms with Crippen molar-refractivity contribution in [2.24, 2.45) is 0 Å². The number of ether oxygens (including phenoxy) is 2. The Hall–Kier alpha value is -1.88. The number of carbonyl (C=O) groups excluding carboxylic acids is 2. The normalized spacial score (nSPS) is 12.5.